The highest BCUT2D eigenvalue weighted by Crippen LogP contribution is 2.49. The topological polar surface area (TPSA) is 0 Å². The lowest BCUT2D eigenvalue weighted by atomic mass is 9.80. The van der Waals surface area contributed by atoms with Gasteiger partial charge >= 0.3 is 0 Å². The van der Waals surface area contributed by atoms with Crippen LogP contribution in [-0.4, -0.2) is 0 Å². The summed E-state index contributed by atoms with van der Waals surface area (Å²) in [6.45, 7) is 0. The SMILES string of the molecule is c1ccc2c(c1)-c1ccccc1-c1ccc(-c3ccc4sc5ccc(-c6ccc7sc8ccccc8c7c6)cc5c4c3)cc1-c1ccccc1-2. The standard InChI is InChI=1S/C48H28S2/c1-2-10-34-33(9-1)35-11-3-4-13-37(35)39-21-17-29(25-41(39)38-14-6-5-12-36(34)38)31-19-23-47-43(27-31)44-28-32(20-24-48(44)50-47)30-18-22-46-42(26-30)40-15-7-8-16-45(40)49-46/h1-28H. The first-order valence-corrected chi connectivity index (χ1v) is 18.7. The lowest BCUT2D eigenvalue weighted by molar-refractivity contribution is 1.52. The van der Waals surface area contributed by atoms with Gasteiger partial charge in [-0.2, -0.15) is 0 Å². The lowest BCUT2D eigenvalue weighted by Crippen LogP contribution is -1.97. The Hall–Kier alpha value is -5.80. The third-order valence-corrected chi connectivity index (χ3v) is 12.8. The van der Waals surface area contributed by atoms with Crippen molar-refractivity contribution in [2.45, 2.75) is 0 Å². The van der Waals surface area contributed by atoms with Crippen LogP contribution >= 0.6 is 22.7 Å². The minimum Gasteiger partial charge on any atom is -0.135 e. The largest absolute Gasteiger partial charge is 0.135 e. The number of benzene rings is 8. The van der Waals surface area contributed by atoms with Crippen molar-refractivity contribution in [2.24, 2.45) is 0 Å². The Kier molecular flexibility index (Phi) is 6.09. The van der Waals surface area contributed by atoms with Gasteiger partial charge in [-0.05, 0) is 115 Å². The molecule has 11 rings (SSSR count). The van der Waals surface area contributed by atoms with Crippen LogP contribution in [-0.2, 0) is 0 Å². The number of thiophene rings is 2. The maximum atomic E-state index is 2.42. The summed E-state index contributed by atoms with van der Waals surface area (Å²) in [6.07, 6.45) is 0. The Morgan fingerprint density at radius 1 is 0.220 bits per heavy atom. The van der Waals surface area contributed by atoms with Gasteiger partial charge in [0.25, 0.3) is 0 Å². The minimum atomic E-state index is 1.23. The van der Waals surface area contributed by atoms with Gasteiger partial charge in [0.2, 0.25) is 0 Å². The second-order valence-electron chi connectivity index (χ2n) is 13.2. The van der Waals surface area contributed by atoms with Crippen molar-refractivity contribution in [3.8, 4) is 66.8 Å². The molecule has 8 aromatic carbocycles. The van der Waals surface area contributed by atoms with Gasteiger partial charge in [0, 0.05) is 40.3 Å². The van der Waals surface area contributed by atoms with E-state index in [0.29, 0.717) is 0 Å². The van der Waals surface area contributed by atoms with Gasteiger partial charge in [-0.3, -0.25) is 0 Å². The van der Waals surface area contributed by atoms with E-state index in [4.69, 9.17) is 0 Å². The molecule has 0 nitrogen and oxygen atoms in total. The second-order valence-corrected chi connectivity index (χ2v) is 15.4. The van der Waals surface area contributed by atoms with E-state index in [0.717, 1.165) is 0 Å². The van der Waals surface area contributed by atoms with Crippen molar-refractivity contribution in [3.05, 3.63) is 170 Å². The van der Waals surface area contributed by atoms with E-state index in [-0.39, 0.29) is 0 Å². The van der Waals surface area contributed by atoms with Gasteiger partial charge in [0.1, 0.15) is 0 Å². The van der Waals surface area contributed by atoms with Gasteiger partial charge in [0.15, 0.2) is 0 Å². The predicted octanol–water partition coefficient (Wildman–Crippen LogP) is 14.7. The fourth-order valence-electron chi connectivity index (χ4n) is 8.08. The van der Waals surface area contributed by atoms with Crippen molar-refractivity contribution in [3.63, 3.8) is 0 Å². The normalized spacial score (nSPS) is 12.0. The summed E-state index contributed by atoms with van der Waals surface area (Å²) in [4.78, 5) is 0. The van der Waals surface area contributed by atoms with E-state index in [1.165, 1.54) is 107 Å². The van der Waals surface area contributed by atoms with Crippen LogP contribution in [0.3, 0.4) is 0 Å². The molecule has 0 unspecified atom stereocenters. The second kappa shape index (κ2) is 10.9. The third kappa shape index (κ3) is 4.23. The Morgan fingerprint density at radius 2 is 0.540 bits per heavy atom. The fourth-order valence-corrected chi connectivity index (χ4v) is 10.2. The molecular weight excluding hydrogens is 641 g/mol. The Bertz CT molecular complexity index is 2980. The molecular formula is C48H28S2. The zero-order valence-corrected chi connectivity index (χ0v) is 28.6. The molecule has 0 N–H and O–H groups in total. The molecule has 1 aliphatic carbocycles. The monoisotopic (exact) mass is 668 g/mol. The van der Waals surface area contributed by atoms with E-state index in [2.05, 4.69) is 170 Å². The van der Waals surface area contributed by atoms with Crippen molar-refractivity contribution >= 4 is 63.0 Å². The highest BCUT2D eigenvalue weighted by atomic mass is 32.1. The first kappa shape index (κ1) is 28.1. The minimum absolute atomic E-state index is 1.23. The molecule has 0 amide bonds. The molecule has 0 spiro atoms. The predicted molar refractivity (Wildman–Crippen MR) is 218 cm³/mol. The lowest BCUT2D eigenvalue weighted by Gasteiger charge is -2.23. The van der Waals surface area contributed by atoms with Crippen molar-refractivity contribution < 1.29 is 0 Å². The summed E-state index contributed by atoms with van der Waals surface area (Å²) in [6, 6.07) is 63.4. The van der Waals surface area contributed by atoms with E-state index in [9.17, 15) is 0 Å². The molecule has 0 saturated heterocycles. The van der Waals surface area contributed by atoms with Crippen LogP contribution in [0.25, 0.3) is 107 Å². The number of hydrogen-bond acceptors (Lipinski definition) is 2. The molecule has 10 aromatic rings. The third-order valence-electron chi connectivity index (χ3n) is 10.5. The highest BCUT2D eigenvalue weighted by molar-refractivity contribution is 7.26. The maximum absolute atomic E-state index is 2.42. The number of rotatable bonds is 2. The Labute approximate surface area is 298 Å². The van der Waals surface area contributed by atoms with Gasteiger partial charge in [-0.15, -0.1) is 22.7 Å². The van der Waals surface area contributed by atoms with E-state index < -0.39 is 0 Å². The molecule has 0 radical (unpaired) electrons. The molecule has 0 bridgehead atoms. The van der Waals surface area contributed by atoms with Crippen LogP contribution < -0.4 is 0 Å². The molecule has 50 heavy (non-hydrogen) atoms. The molecule has 0 aliphatic heterocycles. The van der Waals surface area contributed by atoms with Crippen LogP contribution in [0.15, 0.2) is 170 Å². The zero-order valence-electron chi connectivity index (χ0n) is 27.0. The van der Waals surface area contributed by atoms with Crippen molar-refractivity contribution in [1.82, 2.24) is 0 Å². The molecule has 2 aromatic heterocycles. The molecule has 1 aliphatic rings. The number of hydrogen-bond donors (Lipinski definition) is 0. The smallest absolute Gasteiger partial charge is 0.0355 e. The van der Waals surface area contributed by atoms with Crippen molar-refractivity contribution in [2.75, 3.05) is 0 Å². The molecule has 0 fully saturated rings. The first-order valence-electron chi connectivity index (χ1n) is 17.1. The van der Waals surface area contributed by atoms with Gasteiger partial charge in [0.05, 0.1) is 0 Å². The summed E-state index contributed by atoms with van der Waals surface area (Å²) in [5.41, 5.74) is 15.2. The molecule has 0 saturated carbocycles. The summed E-state index contributed by atoms with van der Waals surface area (Å²) < 4.78 is 5.33. The highest BCUT2D eigenvalue weighted by Gasteiger charge is 2.22. The Morgan fingerprint density at radius 3 is 1.02 bits per heavy atom. The summed E-state index contributed by atoms with van der Waals surface area (Å²) >= 11 is 3.75. The van der Waals surface area contributed by atoms with Crippen LogP contribution in [0, 0.1) is 0 Å². The fraction of sp³-hybridized carbons (Fsp3) is 0. The first-order chi connectivity index (χ1) is 24.8. The zero-order chi connectivity index (χ0) is 32.8. The van der Waals surface area contributed by atoms with E-state index in [1.54, 1.807) is 0 Å². The maximum Gasteiger partial charge on any atom is 0.0355 e. The quantitative estimate of drug-likeness (QED) is 0.172. The van der Waals surface area contributed by atoms with E-state index >= 15 is 0 Å². The molecule has 0 atom stereocenters. The molecule has 2 heterocycles. The number of fused-ring (bicyclic) bond motifs is 14. The van der Waals surface area contributed by atoms with Gasteiger partial charge in [-0.25, -0.2) is 0 Å². The summed E-state index contributed by atoms with van der Waals surface area (Å²) in [5, 5.41) is 5.32. The molecule has 232 valence electrons. The average molecular weight is 669 g/mol. The summed E-state index contributed by atoms with van der Waals surface area (Å²) in [7, 11) is 0. The van der Waals surface area contributed by atoms with Crippen LogP contribution in [0.1, 0.15) is 0 Å². The van der Waals surface area contributed by atoms with E-state index in [1.807, 2.05) is 22.7 Å². The van der Waals surface area contributed by atoms with Crippen molar-refractivity contribution in [1.29, 1.82) is 0 Å². The Balaban J connectivity index is 1.07. The van der Waals surface area contributed by atoms with Gasteiger partial charge < -0.3 is 0 Å². The van der Waals surface area contributed by atoms with Gasteiger partial charge in [-0.1, -0.05) is 121 Å². The molecule has 2 heteroatoms. The summed E-state index contributed by atoms with van der Waals surface area (Å²) in [5.74, 6) is 0. The van der Waals surface area contributed by atoms with Crippen LogP contribution in [0.4, 0.5) is 0 Å². The van der Waals surface area contributed by atoms with Crippen LogP contribution in [0.5, 0.6) is 0 Å². The average Bonchev–Trinajstić information content (AvgIpc) is 3.74. The van der Waals surface area contributed by atoms with Crippen LogP contribution in [0.2, 0.25) is 0 Å².